The van der Waals surface area contributed by atoms with E-state index in [2.05, 4.69) is 5.10 Å². The lowest BCUT2D eigenvalue weighted by atomic mass is 10.0. The van der Waals surface area contributed by atoms with E-state index in [0.717, 1.165) is 16.5 Å². The van der Waals surface area contributed by atoms with E-state index in [-0.39, 0.29) is 12.5 Å². The first-order valence-electron chi connectivity index (χ1n) is 4.86. The summed E-state index contributed by atoms with van der Waals surface area (Å²) in [6.45, 7) is 2.14. The van der Waals surface area contributed by atoms with Gasteiger partial charge in [-0.05, 0) is 17.7 Å². The van der Waals surface area contributed by atoms with Crippen LogP contribution >= 0.6 is 11.6 Å². The molecular formula is C11H13ClN2O. The molecule has 80 valence electrons. The molecule has 1 aromatic heterocycles. The van der Waals surface area contributed by atoms with Crippen molar-refractivity contribution < 1.29 is 5.11 Å². The van der Waals surface area contributed by atoms with Crippen LogP contribution < -0.4 is 0 Å². The Balaban J connectivity index is 2.60. The van der Waals surface area contributed by atoms with Crippen molar-refractivity contribution in [1.29, 1.82) is 0 Å². The molecule has 1 atom stereocenters. The van der Waals surface area contributed by atoms with Crippen LogP contribution in [-0.2, 0) is 7.05 Å². The van der Waals surface area contributed by atoms with Crippen LogP contribution in [0.2, 0.25) is 5.15 Å². The molecule has 1 N–H and O–H groups in total. The van der Waals surface area contributed by atoms with Crippen LogP contribution in [0, 0.1) is 0 Å². The summed E-state index contributed by atoms with van der Waals surface area (Å²) in [4.78, 5) is 0. The molecule has 2 rings (SSSR count). The van der Waals surface area contributed by atoms with Crippen molar-refractivity contribution in [1.82, 2.24) is 9.78 Å². The fourth-order valence-corrected chi connectivity index (χ4v) is 1.92. The van der Waals surface area contributed by atoms with E-state index < -0.39 is 0 Å². The number of halogens is 1. The van der Waals surface area contributed by atoms with Crippen molar-refractivity contribution in [2.24, 2.45) is 7.05 Å². The normalized spacial score (nSPS) is 13.3. The minimum atomic E-state index is 0.142. The Morgan fingerprint density at radius 3 is 2.93 bits per heavy atom. The van der Waals surface area contributed by atoms with Crippen molar-refractivity contribution in [3.63, 3.8) is 0 Å². The summed E-state index contributed by atoms with van der Waals surface area (Å²) in [5.74, 6) is 0.142. The number of fused-ring (bicyclic) bond motifs is 1. The van der Waals surface area contributed by atoms with Crippen molar-refractivity contribution in [3.8, 4) is 0 Å². The maximum Gasteiger partial charge on any atom is 0.158 e. The van der Waals surface area contributed by atoms with Gasteiger partial charge in [0, 0.05) is 25.0 Å². The Bertz CT molecular complexity index is 493. The number of aliphatic hydroxyl groups is 1. The van der Waals surface area contributed by atoms with Crippen molar-refractivity contribution in [3.05, 3.63) is 28.9 Å². The van der Waals surface area contributed by atoms with E-state index in [1.165, 1.54) is 0 Å². The van der Waals surface area contributed by atoms with Crippen LogP contribution in [0.1, 0.15) is 18.4 Å². The van der Waals surface area contributed by atoms with Crippen LogP contribution in [0.15, 0.2) is 18.2 Å². The standard InChI is InChI=1S/C11H13ClN2O/c1-7(6-15)8-3-4-9-10(5-8)14(2)13-11(9)12/h3-5,7,15H,6H2,1-2H3. The molecular weight excluding hydrogens is 212 g/mol. The topological polar surface area (TPSA) is 38.1 Å². The molecule has 0 amide bonds. The summed E-state index contributed by atoms with van der Waals surface area (Å²) in [7, 11) is 1.86. The largest absolute Gasteiger partial charge is 0.396 e. The first-order chi connectivity index (χ1) is 7.13. The number of hydrogen-bond donors (Lipinski definition) is 1. The highest BCUT2D eigenvalue weighted by atomic mass is 35.5. The summed E-state index contributed by atoms with van der Waals surface area (Å²) in [6.07, 6.45) is 0. The highest BCUT2D eigenvalue weighted by molar-refractivity contribution is 6.34. The van der Waals surface area contributed by atoms with Gasteiger partial charge in [-0.2, -0.15) is 5.10 Å². The first-order valence-corrected chi connectivity index (χ1v) is 5.24. The second-order valence-electron chi connectivity index (χ2n) is 3.77. The Kier molecular flexibility index (Phi) is 2.67. The third-order valence-corrected chi connectivity index (χ3v) is 2.95. The molecule has 15 heavy (non-hydrogen) atoms. The number of hydrogen-bond acceptors (Lipinski definition) is 2. The van der Waals surface area contributed by atoms with Crippen LogP contribution in [0.4, 0.5) is 0 Å². The number of aromatic nitrogens is 2. The fourth-order valence-electron chi connectivity index (χ4n) is 1.64. The second-order valence-corrected chi connectivity index (χ2v) is 4.13. The summed E-state index contributed by atoms with van der Waals surface area (Å²) in [5.41, 5.74) is 2.10. The van der Waals surface area contributed by atoms with Crippen LogP contribution in [-0.4, -0.2) is 21.5 Å². The van der Waals surface area contributed by atoms with Crippen LogP contribution in [0.25, 0.3) is 10.9 Å². The van der Waals surface area contributed by atoms with E-state index in [4.69, 9.17) is 16.7 Å². The number of nitrogens with zero attached hydrogens (tertiary/aromatic N) is 2. The van der Waals surface area contributed by atoms with Crippen LogP contribution in [0.5, 0.6) is 0 Å². The summed E-state index contributed by atoms with van der Waals surface area (Å²) in [5, 5.41) is 14.7. The van der Waals surface area contributed by atoms with Gasteiger partial charge in [0.1, 0.15) is 0 Å². The smallest absolute Gasteiger partial charge is 0.158 e. The summed E-state index contributed by atoms with van der Waals surface area (Å²) in [6, 6.07) is 5.96. The van der Waals surface area contributed by atoms with Gasteiger partial charge in [-0.15, -0.1) is 0 Å². The molecule has 3 nitrogen and oxygen atoms in total. The minimum absolute atomic E-state index is 0.142. The lowest BCUT2D eigenvalue weighted by Gasteiger charge is -2.08. The van der Waals surface area contributed by atoms with Gasteiger partial charge >= 0.3 is 0 Å². The number of benzene rings is 1. The van der Waals surface area contributed by atoms with E-state index in [9.17, 15) is 0 Å². The lowest BCUT2D eigenvalue weighted by molar-refractivity contribution is 0.273. The zero-order valence-electron chi connectivity index (χ0n) is 8.74. The predicted octanol–water partition coefficient (Wildman–Crippen LogP) is 2.32. The fraction of sp³-hybridized carbons (Fsp3) is 0.364. The van der Waals surface area contributed by atoms with Crippen molar-refractivity contribution in [2.45, 2.75) is 12.8 Å². The lowest BCUT2D eigenvalue weighted by Crippen LogP contribution is -1.99. The number of aryl methyl sites for hydroxylation is 1. The van der Waals surface area contributed by atoms with Gasteiger partial charge in [0.2, 0.25) is 0 Å². The molecule has 0 aliphatic heterocycles. The van der Waals surface area contributed by atoms with E-state index >= 15 is 0 Å². The van der Waals surface area contributed by atoms with Gasteiger partial charge in [0.15, 0.2) is 5.15 Å². The van der Waals surface area contributed by atoms with Gasteiger partial charge in [-0.1, -0.05) is 24.6 Å². The summed E-state index contributed by atoms with van der Waals surface area (Å²) < 4.78 is 1.76. The SMILES string of the molecule is CC(CO)c1ccc2c(Cl)nn(C)c2c1. The van der Waals surface area contributed by atoms with Gasteiger partial charge in [-0.3, -0.25) is 4.68 Å². The second kappa shape index (κ2) is 3.83. The molecule has 1 aromatic carbocycles. The van der Waals surface area contributed by atoms with E-state index in [0.29, 0.717) is 5.15 Å². The number of aliphatic hydroxyl groups excluding tert-OH is 1. The van der Waals surface area contributed by atoms with Crippen LogP contribution in [0.3, 0.4) is 0 Å². The molecule has 0 radical (unpaired) electrons. The van der Waals surface area contributed by atoms with Gasteiger partial charge in [-0.25, -0.2) is 0 Å². The highest BCUT2D eigenvalue weighted by Gasteiger charge is 2.09. The maximum absolute atomic E-state index is 9.09. The van der Waals surface area contributed by atoms with E-state index in [1.807, 2.05) is 32.2 Å². The molecule has 0 aliphatic carbocycles. The Morgan fingerprint density at radius 1 is 1.53 bits per heavy atom. The minimum Gasteiger partial charge on any atom is -0.396 e. The van der Waals surface area contributed by atoms with Crippen molar-refractivity contribution >= 4 is 22.5 Å². The first kappa shape index (κ1) is 10.5. The number of rotatable bonds is 2. The average molecular weight is 225 g/mol. The average Bonchev–Trinajstić information content (AvgIpc) is 2.53. The van der Waals surface area contributed by atoms with Gasteiger partial charge in [0.25, 0.3) is 0 Å². The molecule has 0 bridgehead atoms. The maximum atomic E-state index is 9.09. The molecule has 0 saturated carbocycles. The zero-order valence-corrected chi connectivity index (χ0v) is 9.49. The molecule has 2 aromatic rings. The molecule has 0 fully saturated rings. The molecule has 1 heterocycles. The Hall–Kier alpha value is -1.06. The van der Waals surface area contributed by atoms with E-state index in [1.54, 1.807) is 4.68 Å². The monoisotopic (exact) mass is 224 g/mol. The highest BCUT2D eigenvalue weighted by Crippen LogP contribution is 2.25. The molecule has 0 spiro atoms. The zero-order chi connectivity index (χ0) is 11.0. The Labute approximate surface area is 93.3 Å². The van der Waals surface area contributed by atoms with Crippen molar-refractivity contribution in [2.75, 3.05) is 6.61 Å². The molecule has 4 heteroatoms. The molecule has 1 unspecified atom stereocenters. The Morgan fingerprint density at radius 2 is 2.27 bits per heavy atom. The quantitative estimate of drug-likeness (QED) is 0.850. The predicted molar refractivity (Wildman–Crippen MR) is 61.2 cm³/mol. The van der Waals surface area contributed by atoms with Gasteiger partial charge in [0.05, 0.1) is 5.52 Å². The third kappa shape index (κ3) is 1.73. The molecule has 0 aliphatic rings. The third-order valence-electron chi connectivity index (χ3n) is 2.67. The molecule has 0 saturated heterocycles. The summed E-state index contributed by atoms with van der Waals surface area (Å²) >= 11 is 5.96. The van der Waals surface area contributed by atoms with Gasteiger partial charge < -0.3 is 5.11 Å².